The van der Waals surface area contributed by atoms with Crippen LogP contribution < -0.4 is 20.1 Å². The van der Waals surface area contributed by atoms with Crippen molar-refractivity contribution >= 4 is 23.6 Å². The highest BCUT2D eigenvalue weighted by atomic mass is 35.5. The summed E-state index contributed by atoms with van der Waals surface area (Å²) >= 11 is 5.96. The Kier molecular flexibility index (Phi) is 8.22. The zero-order valence-corrected chi connectivity index (χ0v) is 20.0. The maximum Gasteiger partial charge on any atom is 0.338 e. The first-order valence-corrected chi connectivity index (χ1v) is 11.3. The summed E-state index contributed by atoms with van der Waals surface area (Å²) in [6.45, 7) is 5.86. The summed E-state index contributed by atoms with van der Waals surface area (Å²) in [7, 11) is 1.56. The van der Waals surface area contributed by atoms with Gasteiger partial charge in [0.15, 0.2) is 11.5 Å². The number of hydrogen-bond acceptors (Lipinski definition) is 5. The van der Waals surface area contributed by atoms with Gasteiger partial charge in [-0.25, -0.2) is 9.59 Å². The SMILES string of the molecule is CCCC1=C(C(=O)OC(C)C)C(c2ccc(OC)c(OCc3ccc(Cl)cc3)c2)NC(=O)N1. The van der Waals surface area contributed by atoms with E-state index in [0.29, 0.717) is 46.4 Å². The monoisotopic (exact) mass is 472 g/mol. The molecule has 0 saturated carbocycles. The van der Waals surface area contributed by atoms with Gasteiger partial charge >= 0.3 is 12.0 Å². The van der Waals surface area contributed by atoms with Crippen LogP contribution >= 0.6 is 11.6 Å². The molecule has 0 saturated heterocycles. The maximum atomic E-state index is 13.0. The van der Waals surface area contributed by atoms with Crippen molar-refractivity contribution in [2.75, 3.05) is 7.11 Å². The fourth-order valence-corrected chi connectivity index (χ4v) is 3.69. The number of ether oxygens (including phenoxy) is 3. The van der Waals surface area contributed by atoms with Gasteiger partial charge in [-0.15, -0.1) is 0 Å². The van der Waals surface area contributed by atoms with Crippen LogP contribution in [-0.4, -0.2) is 25.2 Å². The highest BCUT2D eigenvalue weighted by molar-refractivity contribution is 6.30. The Morgan fingerprint density at radius 3 is 2.48 bits per heavy atom. The van der Waals surface area contributed by atoms with E-state index in [1.807, 2.05) is 19.1 Å². The van der Waals surface area contributed by atoms with Gasteiger partial charge in [-0.2, -0.15) is 0 Å². The third-order valence-electron chi connectivity index (χ3n) is 5.04. The molecule has 8 heteroatoms. The minimum atomic E-state index is -0.685. The Morgan fingerprint density at radius 2 is 1.85 bits per heavy atom. The average Bonchev–Trinajstić information content (AvgIpc) is 2.77. The Hall–Kier alpha value is -3.19. The first-order valence-electron chi connectivity index (χ1n) is 10.9. The largest absolute Gasteiger partial charge is 0.493 e. The Bertz CT molecular complexity index is 1030. The number of rotatable bonds is 9. The number of urea groups is 1. The predicted molar refractivity (Wildman–Crippen MR) is 126 cm³/mol. The smallest absolute Gasteiger partial charge is 0.338 e. The number of carbonyl (C=O) groups is 2. The molecule has 0 radical (unpaired) electrons. The molecule has 2 N–H and O–H groups in total. The van der Waals surface area contributed by atoms with E-state index in [2.05, 4.69) is 10.6 Å². The topological polar surface area (TPSA) is 85.9 Å². The molecule has 1 atom stereocenters. The molecule has 2 aromatic carbocycles. The molecule has 0 aliphatic carbocycles. The van der Waals surface area contributed by atoms with Crippen molar-refractivity contribution in [3.63, 3.8) is 0 Å². The Morgan fingerprint density at radius 1 is 1.12 bits per heavy atom. The fourth-order valence-electron chi connectivity index (χ4n) is 3.56. The van der Waals surface area contributed by atoms with Crippen molar-refractivity contribution < 1.29 is 23.8 Å². The minimum absolute atomic E-state index is 0.291. The van der Waals surface area contributed by atoms with E-state index in [1.165, 1.54) is 0 Å². The van der Waals surface area contributed by atoms with Gasteiger partial charge in [0.05, 0.1) is 24.8 Å². The lowest BCUT2D eigenvalue weighted by atomic mass is 9.93. The molecule has 0 aromatic heterocycles. The summed E-state index contributed by atoms with van der Waals surface area (Å²) in [5.74, 6) is 0.564. The molecule has 1 heterocycles. The summed E-state index contributed by atoms with van der Waals surface area (Å²) in [6.07, 6.45) is 1.02. The molecule has 2 aromatic rings. The van der Waals surface area contributed by atoms with Gasteiger partial charge in [0, 0.05) is 10.7 Å². The lowest BCUT2D eigenvalue weighted by Crippen LogP contribution is -2.46. The van der Waals surface area contributed by atoms with Crippen LogP contribution in [0.1, 0.15) is 50.8 Å². The second-order valence-electron chi connectivity index (χ2n) is 7.95. The Labute approximate surface area is 199 Å². The van der Waals surface area contributed by atoms with Crippen LogP contribution in [0.25, 0.3) is 0 Å². The number of amides is 2. The van der Waals surface area contributed by atoms with Gasteiger partial charge < -0.3 is 24.8 Å². The first-order chi connectivity index (χ1) is 15.8. The molecular weight excluding hydrogens is 444 g/mol. The van der Waals surface area contributed by atoms with Crippen LogP contribution in [0.5, 0.6) is 11.5 Å². The first kappa shape index (κ1) is 24.5. The van der Waals surface area contributed by atoms with E-state index < -0.39 is 12.0 Å². The van der Waals surface area contributed by atoms with E-state index >= 15 is 0 Å². The molecule has 0 bridgehead atoms. The van der Waals surface area contributed by atoms with Crippen molar-refractivity contribution in [1.29, 1.82) is 0 Å². The summed E-state index contributed by atoms with van der Waals surface area (Å²) in [5.41, 5.74) is 2.57. The molecule has 3 rings (SSSR count). The second-order valence-corrected chi connectivity index (χ2v) is 8.39. The normalized spacial score (nSPS) is 15.7. The molecule has 1 aliphatic rings. The average molecular weight is 473 g/mol. The summed E-state index contributed by atoms with van der Waals surface area (Å²) in [5, 5.41) is 6.27. The molecule has 1 aliphatic heterocycles. The standard InChI is InChI=1S/C25H29ClN2O5/c1-5-6-19-22(24(29)33-15(2)3)23(28-25(30)27-19)17-9-12-20(31-4)21(13-17)32-14-16-7-10-18(26)11-8-16/h7-13,15,23H,5-6,14H2,1-4H3,(H2,27,28,30). The molecule has 0 fully saturated rings. The maximum absolute atomic E-state index is 13.0. The van der Waals surface area contributed by atoms with Crippen molar-refractivity contribution in [1.82, 2.24) is 10.6 Å². The second kappa shape index (κ2) is 11.1. The minimum Gasteiger partial charge on any atom is -0.493 e. The van der Waals surface area contributed by atoms with Crippen LogP contribution in [0.4, 0.5) is 4.79 Å². The molecule has 33 heavy (non-hydrogen) atoms. The van der Waals surface area contributed by atoms with E-state index in [9.17, 15) is 9.59 Å². The van der Waals surface area contributed by atoms with Crippen LogP contribution in [0.2, 0.25) is 5.02 Å². The van der Waals surface area contributed by atoms with E-state index in [-0.39, 0.29) is 12.1 Å². The molecular formula is C25H29ClN2O5. The van der Waals surface area contributed by atoms with Gasteiger partial charge in [0.2, 0.25) is 0 Å². The van der Waals surface area contributed by atoms with Crippen molar-refractivity contribution in [3.8, 4) is 11.5 Å². The van der Waals surface area contributed by atoms with Crippen LogP contribution in [0, 0.1) is 0 Å². The summed E-state index contributed by atoms with van der Waals surface area (Å²) in [6, 6.07) is 11.6. The van der Waals surface area contributed by atoms with Crippen molar-refractivity contribution in [3.05, 3.63) is 69.9 Å². The highest BCUT2D eigenvalue weighted by Crippen LogP contribution is 2.36. The number of esters is 1. The van der Waals surface area contributed by atoms with Gasteiger partial charge in [-0.3, -0.25) is 0 Å². The van der Waals surface area contributed by atoms with Crippen LogP contribution in [0.3, 0.4) is 0 Å². The summed E-state index contributed by atoms with van der Waals surface area (Å²) in [4.78, 5) is 25.4. The van der Waals surface area contributed by atoms with E-state index in [1.54, 1.807) is 51.3 Å². The van der Waals surface area contributed by atoms with Crippen LogP contribution in [-0.2, 0) is 16.1 Å². The molecule has 1 unspecified atom stereocenters. The third-order valence-corrected chi connectivity index (χ3v) is 5.30. The van der Waals surface area contributed by atoms with Crippen molar-refractivity contribution in [2.45, 2.75) is 52.4 Å². The van der Waals surface area contributed by atoms with E-state index in [4.69, 9.17) is 25.8 Å². The van der Waals surface area contributed by atoms with Gasteiger partial charge in [-0.1, -0.05) is 43.1 Å². The number of hydrogen-bond donors (Lipinski definition) is 2. The number of nitrogens with one attached hydrogen (secondary N) is 2. The summed E-state index contributed by atoms with van der Waals surface area (Å²) < 4.78 is 17.0. The lowest BCUT2D eigenvalue weighted by molar-refractivity contribution is -0.143. The van der Waals surface area contributed by atoms with Gasteiger partial charge in [-0.05, 0) is 55.7 Å². The molecule has 7 nitrogen and oxygen atoms in total. The number of halogens is 1. The van der Waals surface area contributed by atoms with Gasteiger partial charge in [0.1, 0.15) is 6.61 Å². The number of methoxy groups -OCH3 is 1. The number of benzene rings is 2. The number of allylic oxidation sites excluding steroid dienone is 1. The molecule has 0 spiro atoms. The lowest BCUT2D eigenvalue weighted by Gasteiger charge is -2.30. The zero-order chi connectivity index (χ0) is 24.0. The van der Waals surface area contributed by atoms with Crippen LogP contribution in [0.15, 0.2) is 53.7 Å². The van der Waals surface area contributed by atoms with Crippen molar-refractivity contribution in [2.24, 2.45) is 0 Å². The molecule has 176 valence electrons. The fraction of sp³-hybridized carbons (Fsp3) is 0.360. The number of carbonyl (C=O) groups excluding carboxylic acids is 2. The van der Waals surface area contributed by atoms with E-state index in [0.717, 1.165) is 12.0 Å². The zero-order valence-electron chi connectivity index (χ0n) is 19.2. The third kappa shape index (κ3) is 6.20. The molecule has 2 amide bonds. The quantitative estimate of drug-likeness (QED) is 0.484. The Balaban J connectivity index is 1.96. The predicted octanol–water partition coefficient (Wildman–Crippen LogP) is 5.29. The highest BCUT2D eigenvalue weighted by Gasteiger charge is 2.34. The van der Waals surface area contributed by atoms with Gasteiger partial charge in [0.25, 0.3) is 0 Å².